The van der Waals surface area contributed by atoms with Crippen LogP contribution in [0.25, 0.3) is 0 Å². The molecule has 2 aromatic rings. The van der Waals surface area contributed by atoms with Gasteiger partial charge in [-0.25, -0.2) is 4.98 Å². The minimum Gasteiger partial charge on any atom is -0.454 e. The largest absolute Gasteiger partial charge is 0.454 e. The molecule has 0 radical (unpaired) electrons. The van der Waals surface area contributed by atoms with Gasteiger partial charge in [-0.3, -0.25) is 9.69 Å². The standard InChI is InChI=1S/C21H24N4O3/c26-21(16-5-6-22-20(12-16)23-17-2-3-17)25-9-7-24(8-10-25)13-15-1-4-18-19(11-15)28-14-27-18/h1,4-6,11-12,17H,2-3,7-10,13-14H2,(H,22,23). The number of rotatable bonds is 5. The van der Waals surface area contributed by atoms with E-state index in [0.29, 0.717) is 18.4 Å². The van der Waals surface area contributed by atoms with E-state index in [-0.39, 0.29) is 5.91 Å². The lowest BCUT2D eigenvalue weighted by Crippen LogP contribution is -2.48. The summed E-state index contributed by atoms with van der Waals surface area (Å²) >= 11 is 0. The molecule has 0 unspecified atom stereocenters. The van der Waals surface area contributed by atoms with Gasteiger partial charge in [-0.15, -0.1) is 0 Å². The number of ether oxygens (including phenoxy) is 2. The molecule has 7 heteroatoms. The number of anilines is 1. The second-order valence-electron chi connectivity index (χ2n) is 7.60. The van der Waals surface area contributed by atoms with Crippen molar-refractivity contribution in [2.75, 3.05) is 38.3 Å². The van der Waals surface area contributed by atoms with Crippen molar-refractivity contribution in [3.05, 3.63) is 47.7 Å². The Labute approximate surface area is 164 Å². The van der Waals surface area contributed by atoms with Crippen molar-refractivity contribution < 1.29 is 14.3 Å². The molecule has 2 fully saturated rings. The van der Waals surface area contributed by atoms with Crippen molar-refractivity contribution in [3.8, 4) is 11.5 Å². The Kier molecular flexibility index (Phi) is 4.52. The lowest BCUT2D eigenvalue weighted by molar-refractivity contribution is 0.0628. The first-order valence-corrected chi connectivity index (χ1v) is 9.87. The van der Waals surface area contributed by atoms with E-state index in [1.165, 1.54) is 18.4 Å². The lowest BCUT2D eigenvalue weighted by atomic mass is 10.1. The first-order chi connectivity index (χ1) is 13.7. The van der Waals surface area contributed by atoms with E-state index in [1.807, 2.05) is 23.1 Å². The number of carbonyl (C=O) groups is 1. The highest BCUT2D eigenvalue weighted by molar-refractivity contribution is 5.94. The van der Waals surface area contributed by atoms with Gasteiger partial charge in [0.15, 0.2) is 11.5 Å². The number of carbonyl (C=O) groups excluding carboxylic acids is 1. The summed E-state index contributed by atoms with van der Waals surface area (Å²) in [5.74, 6) is 2.52. The lowest BCUT2D eigenvalue weighted by Gasteiger charge is -2.34. The number of hydrogen-bond acceptors (Lipinski definition) is 6. The highest BCUT2D eigenvalue weighted by Gasteiger charge is 2.24. The minimum atomic E-state index is 0.0870. The number of nitrogens with zero attached hydrogens (tertiary/aromatic N) is 3. The molecular weight excluding hydrogens is 356 g/mol. The van der Waals surface area contributed by atoms with E-state index in [2.05, 4.69) is 21.3 Å². The number of fused-ring (bicyclic) bond motifs is 1. The van der Waals surface area contributed by atoms with Gasteiger partial charge >= 0.3 is 0 Å². The molecular formula is C21H24N4O3. The van der Waals surface area contributed by atoms with Crippen LogP contribution in [0.15, 0.2) is 36.5 Å². The van der Waals surface area contributed by atoms with Crippen molar-refractivity contribution in [1.29, 1.82) is 0 Å². The highest BCUT2D eigenvalue weighted by atomic mass is 16.7. The molecule has 7 nitrogen and oxygen atoms in total. The second kappa shape index (κ2) is 7.31. The Morgan fingerprint density at radius 2 is 1.89 bits per heavy atom. The van der Waals surface area contributed by atoms with Gasteiger partial charge in [-0.2, -0.15) is 0 Å². The monoisotopic (exact) mass is 380 g/mol. The summed E-state index contributed by atoms with van der Waals surface area (Å²) < 4.78 is 10.8. The van der Waals surface area contributed by atoms with Crippen LogP contribution < -0.4 is 14.8 Å². The normalized spacial score (nSPS) is 18.9. The summed E-state index contributed by atoms with van der Waals surface area (Å²) in [5, 5.41) is 3.36. The molecule has 1 amide bonds. The van der Waals surface area contributed by atoms with Gasteiger partial charge < -0.3 is 19.7 Å². The zero-order chi connectivity index (χ0) is 18.9. The average Bonchev–Trinajstić information content (AvgIpc) is 3.41. The van der Waals surface area contributed by atoms with Crippen LogP contribution in [0.5, 0.6) is 11.5 Å². The molecule has 28 heavy (non-hydrogen) atoms. The molecule has 1 aromatic carbocycles. The van der Waals surface area contributed by atoms with E-state index in [1.54, 1.807) is 12.3 Å². The molecule has 3 aliphatic rings. The topological polar surface area (TPSA) is 66.9 Å². The van der Waals surface area contributed by atoms with Crippen LogP contribution in [0, 0.1) is 0 Å². The van der Waals surface area contributed by atoms with Crippen LogP contribution >= 0.6 is 0 Å². The molecule has 1 saturated carbocycles. The van der Waals surface area contributed by atoms with Crippen LogP contribution in [0.2, 0.25) is 0 Å². The SMILES string of the molecule is O=C(c1ccnc(NC2CC2)c1)N1CCN(Cc2ccc3c(c2)OCO3)CC1. The van der Waals surface area contributed by atoms with Crippen LogP contribution in [-0.2, 0) is 6.54 Å². The van der Waals surface area contributed by atoms with Crippen molar-refractivity contribution in [2.45, 2.75) is 25.4 Å². The van der Waals surface area contributed by atoms with E-state index >= 15 is 0 Å². The average molecular weight is 380 g/mol. The van der Waals surface area contributed by atoms with Gasteiger partial charge in [0, 0.05) is 50.5 Å². The molecule has 0 atom stereocenters. The predicted molar refractivity (Wildman–Crippen MR) is 105 cm³/mol. The number of hydrogen-bond donors (Lipinski definition) is 1. The van der Waals surface area contributed by atoms with Crippen molar-refractivity contribution >= 4 is 11.7 Å². The molecule has 0 bridgehead atoms. The van der Waals surface area contributed by atoms with Crippen molar-refractivity contribution in [1.82, 2.24) is 14.8 Å². The zero-order valence-corrected chi connectivity index (χ0v) is 15.8. The van der Waals surface area contributed by atoms with Gasteiger partial charge in [0.1, 0.15) is 5.82 Å². The first-order valence-electron chi connectivity index (χ1n) is 9.87. The first kappa shape index (κ1) is 17.3. The van der Waals surface area contributed by atoms with Gasteiger partial charge in [0.25, 0.3) is 5.91 Å². The van der Waals surface area contributed by atoms with Crippen molar-refractivity contribution in [2.24, 2.45) is 0 Å². The fourth-order valence-corrected chi connectivity index (χ4v) is 3.67. The Morgan fingerprint density at radius 1 is 1.07 bits per heavy atom. The minimum absolute atomic E-state index is 0.0870. The Hall–Kier alpha value is -2.80. The van der Waals surface area contributed by atoms with Gasteiger partial charge in [-0.1, -0.05) is 6.07 Å². The molecule has 1 N–H and O–H groups in total. The third-order valence-corrected chi connectivity index (χ3v) is 5.44. The summed E-state index contributed by atoms with van der Waals surface area (Å²) in [6.07, 6.45) is 4.09. The Bertz CT molecular complexity index is 876. The van der Waals surface area contributed by atoms with Crippen LogP contribution in [-0.4, -0.2) is 59.7 Å². The Morgan fingerprint density at radius 3 is 2.71 bits per heavy atom. The number of aromatic nitrogens is 1. The summed E-state index contributed by atoms with van der Waals surface area (Å²) in [6, 6.07) is 10.3. The van der Waals surface area contributed by atoms with Crippen molar-refractivity contribution in [3.63, 3.8) is 0 Å². The number of piperazine rings is 1. The molecule has 146 valence electrons. The fourth-order valence-electron chi connectivity index (χ4n) is 3.67. The second-order valence-corrected chi connectivity index (χ2v) is 7.60. The number of pyridine rings is 1. The highest BCUT2D eigenvalue weighted by Crippen LogP contribution is 2.33. The molecule has 0 spiro atoms. The molecule has 3 heterocycles. The maximum absolute atomic E-state index is 12.9. The van der Waals surface area contributed by atoms with E-state index < -0.39 is 0 Å². The van der Waals surface area contributed by atoms with Crippen LogP contribution in [0.3, 0.4) is 0 Å². The third kappa shape index (κ3) is 3.75. The smallest absolute Gasteiger partial charge is 0.254 e. The third-order valence-electron chi connectivity index (χ3n) is 5.44. The summed E-state index contributed by atoms with van der Waals surface area (Å²) in [4.78, 5) is 21.5. The van der Waals surface area contributed by atoms with Crippen LogP contribution in [0.1, 0.15) is 28.8 Å². The van der Waals surface area contributed by atoms with Gasteiger partial charge in [0.05, 0.1) is 0 Å². The maximum atomic E-state index is 12.9. The molecule has 5 rings (SSSR count). The number of amides is 1. The Balaban J connectivity index is 1.17. The van der Waals surface area contributed by atoms with E-state index in [0.717, 1.165) is 50.0 Å². The summed E-state index contributed by atoms with van der Waals surface area (Å²) in [6.45, 7) is 4.33. The summed E-state index contributed by atoms with van der Waals surface area (Å²) in [7, 11) is 0. The van der Waals surface area contributed by atoms with Gasteiger partial charge in [-0.05, 0) is 42.7 Å². The number of nitrogens with one attached hydrogen (secondary N) is 1. The van der Waals surface area contributed by atoms with Gasteiger partial charge in [0.2, 0.25) is 6.79 Å². The van der Waals surface area contributed by atoms with E-state index in [9.17, 15) is 4.79 Å². The molecule has 1 aromatic heterocycles. The molecule has 1 aliphatic carbocycles. The molecule has 1 saturated heterocycles. The predicted octanol–water partition coefficient (Wildman–Crippen LogP) is 2.34. The van der Waals surface area contributed by atoms with E-state index in [4.69, 9.17) is 9.47 Å². The zero-order valence-electron chi connectivity index (χ0n) is 15.8. The maximum Gasteiger partial charge on any atom is 0.254 e. The molecule has 2 aliphatic heterocycles. The van der Waals surface area contributed by atoms with Crippen LogP contribution in [0.4, 0.5) is 5.82 Å². The summed E-state index contributed by atoms with van der Waals surface area (Å²) in [5.41, 5.74) is 1.91. The number of benzene rings is 1. The quantitative estimate of drug-likeness (QED) is 0.859. The fraction of sp³-hybridized carbons (Fsp3) is 0.429.